The van der Waals surface area contributed by atoms with E-state index in [2.05, 4.69) is 5.32 Å². The second-order valence-corrected chi connectivity index (χ2v) is 8.53. The van der Waals surface area contributed by atoms with Gasteiger partial charge in [-0.1, -0.05) is 12.1 Å². The average Bonchev–Trinajstić information content (AvgIpc) is 3.43. The Morgan fingerprint density at radius 2 is 2.03 bits per heavy atom. The van der Waals surface area contributed by atoms with Gasteiger partial charge in [0.1, 0.15) is 5.00 Å². The summed E-state index contributed by atoms with van der Waals surface area (Å²) >= 11 is 2.73. The molecule has 0 atom stereocenters. The quantitative estimate of drug-likeness (QED) is 0.566. The van der Waals surface area contributed by atoms with Gasteiger partial charge in [0, 0.05) is 4.88 Å². The number of nitrogens with one attached hydrogen (secondary N) is 1. The van der Waals surface area contributed by atoms with E-state index >= 15 is 0 Å². The molecule has 1 aliphatic rings. The van der Waals surface area contributed by atoms with Crippen molar-refractivity contribution in [2.24, 2.45) is 0 Å². The lowest BCUT2D eigenvalue weighted by Gasteiger charge is -2.09. The minimum atomic E-state index is -0.436. The first-order valence-electron chi connectivity index (χ1n) is 9.09. The van der Waals surface area contributed by atoms with Crippen LogP contribution < -0.4 is 14.8 Å². The van der Waals surface area contributed by atoms with E-state index in [1.54, 1.807) is 13.0 Å². The topological polar surface area (TPSA) is 73.9 Å². The predicted molar refractivity (Wildman–Crippen MR) is 113 cm³/mol. The van der Waals surface area contributed by atoms with Crippen molar-refractivity contribution in [1.29, 1.82) is 0 Å². The van der Waals surface area contributed by atoms with Crippen molar-refractivity contribution >= 4 is 39.6 Å². The van der Waals surface area contributed by atoms with Crippen molar-refractivity contribution < 1.29 is 23.8 Å². The number of fused-ring (bicyclic) bond motifs is 1. The van der Waals surface area contributed by atoms with E-state index in [9.17, 15) is 9.59 Å². The molecule has 0 saturated carbocycles. The zero-order valence-corrected chi connectivity index (χ0v) is 17.6. The number of anilines is 1. The lowest BCUT2D eigenvalue weighted by Crippen LogP contribution is -2.14. The van der Waals surface area contributed by atoms with Crippen molar-refractivity contribution in [3.05, 3.63) is 62.2 Å². The van der Waals surface area contributed by atoms with Gasteiger partial charge in [-0.15, -0.1) is 22.7 Å². The zero-order valence-electron chi connectivity index (χ0n) is 15.9. The van der Waals surface area contributed by atoms with Gasteiger partial charge in [0.05, 0.1) is 17.0 Å². The van der Waals surface area contributed by atoms with Crippen LogP contribution in [-0.2, 0) is 11.2 Å². The Hall–Kier alpha value is -2.84. The molecule has 0 saturated heterocycles. The van der Waals surface area contributed by atoms with Crippen LogP contribution in [-0.4, -0.2) is 25.3 Å². The van der Waals surface area contributed by atoms with Gasteiger partial charge in [-0.2, -0.15) is 0 Å². The summed E-state index contributed by atoms with van der Waals surface area (Å²) in [5.41, 5.74) is 2.24. The second-order valence-electron chi connectivity index (χ2n) is 6.36. The molecule has 1 aliphatic heterocycles. The van der Waals surface area contributed by atoms with Gasteiger partial charge in [-0.05, 0) is 55.0 Å². The first-order chi connectivity index (χ1) is 14.1. The van der Waals surface area contributed by atoms with Crippen molar-refractivity contribution in [1.82, 2.24) is 0 Å². The van der Waals surface area contributed by atoms with Gasteiger partial charge in [0.2, 0.25) is 6.79 Å². The van der Waals surface area contributed by atoms with Crippen LogP contribution in [0.25, 0.3) is 0 Å². The smallest absolute Gasteiger partial charge is 0.341 e. The molecule has 1 N–H and O–H groups in total. The first kappa shape index (κ1) is 19.5. The number of rotatable bonds is 6. The van der Waals surface area contributed by atoms with Crippen molar-refractivity contribution in [2.75, 3.05) is 18.7 Å². The minimum Gasteiger partial charge on any atom is -0.462 e. The Morgan fingerprint density at radius 3 is 2.79 bits per heavy atom. The van der Waals surface area contributed by atoms with Crippen molar-refractivity contribution in [3.8, 4) is 11.5 Å². The van der Waals surface area contributed by atoms with Crippen LogP contribution in [0.15, 0.2) is 35.7 Å². The summed E-state index contributed by atoms with van der Waals surface area (Å²) in [4.78, 5) is 26.8. The van der Waals surface area contributed by atoms with E-state index in [1.807, 2.05) is 36.6 Å². The van der Waals surface area contributed by atoms with Gasteiger partial charge in [-0.3, -0.25) is 4.79 Å². The Labute approximate surface area is 176 Å². The van der Waals surface area contributed by atoms with Crippen LogP contribution in [0.4, 0.5) is 5.00 Å². The molecule has 8 heteroatoms. The first-order valence-corrected chi connectivity index (χ1v) is 10.8. The number of hydrogen-bond donors (Lipinski definition) is 1. The van der Waals surface area contributed by atoms with Gasteiger partial charge >= 0.3 is 5.97 Å². The third-order valence-electron chi connectivity index (χ3n) is 4.48. The third kappa shape index (κ3) is 3.99. The number of amides is 1. The number of esters is 1. The number of thiophene rings is 2. The summed E-state index contributed by atoms with van der Waals surface area (Å²) < 4.78 is 16.1. The standard InChI is InChI=1S/C21H19NO5S2/c1-3-25-21(24)18-14(9-13-6-7-15-16(10-13)27-11-26-15)12(2)29-20(18)22-19(23)17-5-4-8-28-17/h4-8,10H,3,9,11H2,1-2H3,(H,22,23). The van der Waals surface area contributed by atoms with Crippen LogP contribution >= 0.6 is 22.7 Å². The number of hydrogen-bond acceptors (Lipinski definition) is 7. The molecule has 3 heterocycles. The molecule has 0 unspecified atom stereocenters. The fraction of sp³-hybridized carbons (Fsp3) is 0.238. The maximum Gasteiger partial charge on any atom is 0.341 e. The lowest BCUT2D eigenvalue weighted by molar-refractivity contribution is 0.0527. The molecular weight excluding hydrogens is 410 g/mol. The fourth-order valence-corrected chi connectivity index (χ4v) is 4.80. The molecule has 0 aliphatic carbocycles. The highest BCUT2D eigenvalue weighted by molar-refractivity contribution is 7.17. The van der Waals surface area contributed by atoms with Crippen molar-refractivity contribution in [2.45, 2.75) is 20.3 Å². The molecule has 3 aromatic rings. The van der Waals surface area contributed by atoms with Crippen LogP contribution in [0.1, 0.15) is 43.0 Å². The molecule has 1 amide bonds. The minimum absolute atomic E-state index is 0.212. The summed E-state index contributed by atoms with van der Waals surface area (Å²) in [5.74, 6) is 0.736. The van der Waals surface area contributed by atoms with E-state index in [0.717, 1.165) is 16.0 Å². The van der Waals surface area contributed by atoms with Gasteiger partial charge in [0.25, 0.3) is 5.91 Å². The van der Waals surface area contributed by atoms with Crippen LogP contribution in [0.5, 0.6) is 11.5 Å². The molecule has 29 heavy (non-hydrogen) atoms. The Kier molecular flexibility index (Phi) is 5.55. The molecule has 1 aromatic carbocycles. The lowest BCUT2D eigenvalue weighted by atomic mass is 10.0. The Morgan fingerprint density at radius 1 is 1.21 bits per heavy atom. The number of carbonyl (C=O) groups excluding carboxylic acids is 2. The molecular formula is C21H19NO5S2. The van der Waals surface area contributed by atoms with Crippen LogP contribution in [0, 0.1) is 6.92 Å². The molecule has 0 bridgehead atoms. The molecule has 0 radical (unpaired) electrons. The number of carbonyl (C=O) groups is 2. The van der Waals surface area contributed by atoms with Crippen molar-refractivity contribution in [3.63, 3.8) is 0 Å². The number of ether oxygens (including phenoxy) is 3. The van der Waals surface area contributed by atoms with E-state index in [1.165, 1.54) is 22.7 Å². The van der Waals surface area contributed by atoms with Crippen LogP contribution in [0.3, 0.4) is 0 Å². The molecule has 2 aromatic heterocycles. The monoisotopic (exact) mass is 429 g/mol. The summed E-state index contributed by atoms with van der Waals surface area (Å²) in [6.07, 6.45) is 0.516. The molecule has 6 nitrogen and oxygen atoms in total. The molecule has 0 spiro atoms. The van der Waals surface area contributed by atoms with Gasteiger partial charge in [-0.25, -0.2) is 4.79 Å². The average molecular weight is 430 g/mol. The highest BCUT2D eigenvalue weighted by Crippen LogP contribution is 2.38. The maximum atomic E-state index is 12.7. The SMILES string of the molecule is CCOC(=O)c1c(NC(=O)c2cccs2)sc(C)c1Cc1ccc2c(c1)OCO2. The Bertz CT molecular complexity index is 1060. The summed E-state index contributed by atoms with van der Waals surface area (Å²) in [7, 11) is 0. The molecule has 4 rings (SSSR count). The Balaban J connectivity index is 1.68. The summed E-state index contributed by atoms with van der Waals surface area (Å²) in [5, 5.41) is 5.23. The van der Waals surface area contributed by atoms with Gasteiger partial charge < -0.3 is 19.5 Å². The fourth-order valence-electron chi connectivity index (χ4n) is 3.13. The normalized spacial score (nSPS) is 12.1. The number of aryl methyl sites for hydroxylation is 1. The summed E-state index contributed by atoms with van der Waals surface area (Å²) in [6, 6.07) is 9.29. The highest BCUT2D eigenvalue weighted by Gasteiger charge is 2.25. The molecule has 0 fully saturated rings. The highest BCUT2D eigenvalue weighted by atomic mass is 32.1. The van der Waals surface area contributed by atoms with E-state index in [-0.39, 0.29) is 19.3 Å². The summed E-state index contributed by atoms with van der Waals surface area (Å²) in [6.45, 7) is 4.17. The largest absolute Gasteiger partial charge is 0.462 e. The molecule has 150 valence electrons. The van der Waals surface area contributed by atoms with E-state index in [4.69, 9.17) is 14.2 Å². The zero-order chi connectivity index (χ0) is 20.4. The van der Waals surface area contributed by atoms with Gasteiger partial charge in [0.15, 0.2) is 11.5 Å². The number of benzene rings is 1. The van der Waals surface area contributed by atoms with Crippen LogP contribution in [0.2, 0.25) is 0 Å². The predicted octanol–water partition coefficient (Wildman–Crippen LogP) is 4.87. The maximum absolute atomic E-state index is 12.7. The van der Waals surface area contributed by atoms with E-state index in [0.29, 0.717) is 33.4 Å². The second kappa shape index (κ2) is 8.26. The van der Waals surface area contributed by atoms with E-state index < -0.39 is 5.97 Å². The third-order valence-corrected chi connectivity index (χ3v) is 6.41.